The molecule has 0 saturated heterocycles. The van der Waals surface area contributed by atoms with E-state index < -0.39 is 5.97 Å². The number of hydrogen-bond acceptors (Lipinski definition) is 4. The van der Waals surface area contributed by atoms with Crippen molar-refractivity contribution >= 4 is 12.0 Å². The van der Waals surface area contributed by atoms with Crippen LogP contribution in [0.25, 0.3) is 0 Å². The van der Waals surface area contributed by atoms with Crippen molar-refractivity contribution in [3.8, 4) is 0 Å². The predicted molar refractivity (Wildman–Crippen MR) is 79.4 cm³/mol. The second kappa shape index (κ2) is 9.57. The number of rotatable bonds is 9. The van der Waals surface area contributed by atoms with Crippen LogP contribution < -0.4 is 5.32 Å². The molecule has 122 valence electrons. The number of carbonyl (C=O) groups is 2. The molecule has 0 aromatic rings. The van der Waals surface area contributed by atoms with Gasteiger partial charge in [-0.25, -0.2) is 4.79 Å². The maximum absolute atomic E-state index is 12.1. The highest BCUT2D eigenvalue weighted by Crippen LogP contribution is 2.23. The van der Waals surface area contributed by atoms with Crippen LogP contribution in [-0.4, -0.2) is 79.9 Å². The topological polar surface area (TPSA) is 82.1 Å². The Balaban J connectivity index is 2.26. The van der Waals surface area contributed by atoms with Crippen LogP contribution in [0.5, 0.6) is 0 Å². The van der Waals surface area contributed by atoms with Gasteiger partial charge in [0.05, 0.1) is 13.2 Å². The molecule has 1 aliphatic rings. The van der Waals surface area contributed by atoms with Crippen LogP contribution in [0.4, 0.5) is 4.79 Å². The van der Waals surface area contributed by atoms with E-state index in [1.165, 1.54) is 4.90 Å². The summed E-state index contributed by atoms with van der Waals surface area (Å²) in [6.45, 7) is 2.05. The zero-order chi connectivity index (χ0) is 15.7. The van der Waals surface area contributed by atoms with Gasteiger partial charge in [0.25, 0.3) is 0 Å². The fraction of sp³-hybridized carbons (Fsp3) is 0.857. The van der Waals surface area contributed by atoms with Crippen LogP contribution in [0.15, 0.2) is 0 Å². The van der Waals surface area contributed by atoms with Gasteiger partial charge in [-0.2, -0.15) is 0 Å². The van der Waals surface area contributed by atoms with Crippen molar-refractivity contribution in [2.75, 3.05) is 46.9 Å². The third-order valence-corrected chi connectivity index (χ3v) is 3.54. The molecular formula is C14H27N3O4. The van der Waals surface area contributed by atoms with Crippen molar-refractivity contribution in [2.24, 2.45) is 0 Å². The van der Waals surface area contributed by atoms with Gasteiger partial charge in [-0.1, -0.05) is 12.8 Å². The molecule has 21 heavy (non-hydrogen) atoms. The molecule has 0 atom stereocenters. The molecule has 7 nitrogen and oxygen atoms in total. The van der Waals surface area contributed by atoms with Crippen LogP contribution >= 0.6 is 0 Å². The average Bonchev–Trinajstić information content (AvgIpc) is 2.93. The first-order valence-corrected chi connectivity index (χ1v) is 7.49. The van der Waals surface area contributed by atoms with Crippen LogP contribution in [-0.2, 0) is 9.53 Å². The van der Waals surface area contributed by atoms with Crippen LogP contribution in [0.3, 0.4) is 0 Å². The lowest BCUT2D eigenvalue weighted by molar-refractivity contribution is -0.138. The number of ether oxygens (including phenoxy) is 1. The number of nitrogens with one attached hydrogen (secondary N) is 1. The summed E-state index contributed by atoms with van der Waals surface area (Å²) in [5, 5.41) is 11.7. The number of hydrogen-bond donors (Lipinski definition) is 2. The molecule has 1 saturated carbocycles. The van der Waals surface area contributed by atoms with E-state index in [1.807, 2.05) is 19.0 Å². The van der Waals surface area contributed by atoms with Crippen molar-refractivity contribution < 1.29 is 19.4 Å². The van der Waals surface area contributed by atoms with E-state index in [0.29, 0.717) is 19.8 Å². The monoisotopic (exact) mass is 301 g/mol. The maximum atomic E-state index is 12.1. The summed E-state index contributed by atoms with van der Waals surface area (Å²) < 4.78 is 5.39. The van der Waals surface area contributed by atoms with Crippen molar-refractivity contribution in [3.05, 3.63) is 0 Å². The smallest absolute Gasteiger partial charge is 0.323 e. The number of amides is 2. The molecule has 0 spiro atoms. The summed E-state index contributed by atoms with van der Waals surface area (Å²) in [5.41, 5.74) is 0. The Labute approximate surface area is 126 Å². The summed E-state index contributed by atoms with van der Waals surface area (Å²) in [6, 6.07) is -0.253. The minimum atomic E-state index is -0.973. The molecule has 0 radical (unpaired) electrons. The number of nitrogens with zero attached hydrogens (tertiary/aromatic N) is 2. The number of aliphatic carboxylic acids is 1. The lowest BCUT2D eigenvalue weighted by atomic mass is 10.2. The standard InChI is InChI=1S/C14H27N3O4/c1-16(2)8-10-21-9-7-15-14(20)17(11-13(18)19)12-5-3-4-6-12/h12H,3-11H2,1-2H3,(H,15,20)(H,18,19). The Bertz CT molecular complexity index is 330. The minimum Gasteiger partial charge on any atom is -0.480 e. The second-order valence-electron chi connectivity index (χ2n) is 5.61. The highest BCUT2D eigenvalue weighted by atomic mass is 16.5. The molecule has 1 fully saturated rings. The first-order chi connectivity index (χ1) is 10.0. The Morgan fingerprint density at radius 3 is 2.48 bits per heavy atom. The van der Waals surface area contributed by atoms with E-state index in [-0.39, 0.29) is 18.6 Å². The number of urea groups is 1. The average molecular weight is 301 g/mol. The second-order valence-corrected chi connectivity index (χ2v) is 5.61. The van der Waals surface area contributed by atoms with Gasteiger partial charge in [-0.3, -0.25) is 4.79 Å². The fourth-order valence-electron chi connectivity index (χ4n) is 2.41. The highest BCUT2D eigenvalue weighted by molar-refractivity contribution is 5.80. The first kappa shape index (κ1) is 17.7. The van der Waals surface area contributed by atoms with Gasteiger partial charge in [0.15, 0.2) is 0 Å². The number of carboxylic acid groups (broad SMARTS) is 1. The maximum Gasteiger partial charge on any atom is 0.323 e. The van der Waals surface area contributed by atoms with Crippen molar-refractivity contribution in [1.82, 2.24) is 15.1 Å². The fourth-order valence-corrected chi connectivity index (χ4v) is 2.41. The summed E-state index contributed by atoms with van der Waals surface area (Å²) in [6.07, 6.45) is 3.89. The van der Waals surface area contributed by atoms with E-state index in [0.717, 1.165) is 32.2 Å². The first-order valence-electron chi connectivity index (χ1n) is 7.49. The molecule has 1 aliphatic carbocycles. The molecule has 0 unspecified atom stereocenters. The van der Waals surface area contributed by atoms with E-state index in [1.54, 1.807) is 0 Å². The summed E-state index contributed by atoms with van der Waals surface area (Å²) in [7, 11) is 3.94. The van der Waals surface area contributed by atoms with Gasteiger partial charge >= 0.3 is 12.0 Å². The lowest BCUT2D eigenvalue weighted by Crippen LogP contribution is -2.48. The quantitative estimate of drug-likeness (QED) is 0.610. The summed E-state index contributed by atoms with van der Waals surface area (Å²) in [4.78, 5) is 26.5. The zero-order valence-corrected chi connectivity index (χ0v) is 13.0. The Morgan fingerprint density at radius 2 is 1.90 bits per heavy atom. The van der Waals surface area contributed by atoms with E-state index in [2.05, 4.69) is 5.32 Å². The third-order valence-electron chi connectivity index (χ3n) is 3.54. The number of carbonyl (C=O) groups excluding carboxylic acids is 1. The van der Waals surface area contributed by atoms with Gasteiger partial charge in [0.1, 0.15) is 6.54 Å². The molecule has 0 aliphatic heterocycles. The normalized spacial score (nSPS) is 15.4. The third kappa shape index (κ3) is 7.29. The zero-order valence-electron chi connectivity index (χ0n) is 13.0. The summed E-state index contributed by atoms with van der Waals surface area (Å²) in [5.74, 6) is -0.973. The van der Waals surface area contributed by atoms with Gasteiger partial charge in [0, 0.05) is 19.1 Å². The van der Waals surface area contributed by atoms with E-state index in [4.69, 9.17) is 9.84 Å². The van der Waals surface area contributed by atoms with Crippen molar-refractivity contribution in [1.29, 1.82) is 0 Å². The molecule has 0 bridgehead atoms. The van der Waals surface area contributed by atoms with Gasteiger partial charge in [-0.05, 0) is 26.9 Å². The van der Waals surface area contributed by atoms with Gasteiger partial charge in [0.2, 0.25) is 0 Å². The lowest BCUT2D eigenvalue weighted by Gasteiger charge is -2.27. The largest absolute Gasteiger partial charge is 0.480 e. The Morgan fingerprint density at radius 1 is 1.24 bits per heavy atom. The van der Waals surface area contributed by atoms with Crippen molar-refractivity contribution in [3.63, 3.8) is 0 Å². The molecule has 7 heteroatoms. The number of carboxylic acids is 1. The molecule has 2 amide bonds. The molecule has 2 N–H and O–H groups in total. The van der Waals surface area contributed by atoms with Crippen LogP contribution in [0, 0.1) is 0 Å². The molecule has 0 aromatic heterocycles. The Kier molecular flexibility index (Phi) is 8.07. The Hall–Kier alpha value is -1.34. The van der Waals surface area contributed by atoms with Crippen LogP contribution in [0.1, 0.15) is 25.7 Å². The predicted octanol–water partition coefficient (Wildman–Crippen LogP) is 0.603. The molecule has 1 rings (SSSR count). The van der Waals surface area contributed by atoms with Gasteiger partial charge < -0.3 is 25.0 Å². The van der Waals surface area contributed by atoms with Crippen molar-refractivity contribution in [2.45, 2.75) is 31.7 Å². The summed E-state index contributed by atoms with van der Waals surface area (Å²) >= 11 is 0. The highest BCUT2D eigenvalue weighted by Gasteiger charge is 2.28. The van der Waals surface area contributed by atoms with Gasteiger partial charge in [-0.15, -0.1) is 0 Å². The van der Waals surface area contributed by atoms with Crippen LogP contribution in [0.2, 0.25) is 0 Å². The molecular weight excluding hydrogens is 274 g/mol. The van der Waals surface area contributed by atoms with E-state index >= 15 is 0 Å². The number of likely N-dealkylation sites (N-methyl/N-ethyl adjacent to an activating group) is 1. The molecule has 0 heterocycles. The van der Waals surface area contributed by atoms with E-state index in [9.17, 15) is 9.59 Å². The molecule has 0 aromatic carbocycles. The SMILES string of the molecule is CN(C)CCOCCNC(=O)N(CC(=O)O)C1CCCC1. The minimum absolute atomic E-state index is 0.0516.